The monoisotopic (exact) mass is 315 g/mol. The third-order valence-electron chi connectivity index (χ3n) is 3.36. The lowest BCUT2D eigenvalue weighted by Gasteiger charge is -2.04. The molecule has 2 aromatic carbocycles. The van der Waals surface area contributed by atoms with Crippen LogP contribution in [0, 0.1) is 11.3 Å². The third-order valence-corrected chi connectivity index (χ3v) is 3.36. The highest BCUT2D eigenvalue weighted by molar-refractivity contribution is 5.98. The summed E-state index contributed by atoms with van der Waals surface area (Å²) >= 11 is 0. The SMILES string of the molecule is N#CC(=Cc1ccc2nccnc2c1)C(=O)OCc1ccccc1. The van der Waals surface area contributed by atoms with Crippen molar-refractivity contribution in [2.24, 2.45) is 0 Å². The Morgan fingerprint density at radius 1 is 1.08 bits per heavy atom. The van der Waals surface area contributed by atoms with E-state index >= 15 is 0 Å². The van der Waals surface area contributed by atoms with Crippen LogP contribution in [0.5, 0.6) is 0 Å². The number of nitrogens with zero attached hydrogens (tertiary/aromatic N) is 3. The normalized spacial score (nSPS) is 11.0. The Balaban J connectivity index is 1.77. The highest BCUT2D eigenvalue weighted by Crippen LogP contribution is 2.15. The summed E-state index contributed by atoms with van der Waals surface area (Å²) in [6.07, 6.45) is 4.69. The molecule has 1 heterocycles. The van der Waals surface area contributed by atoms with Crippen molar-refractivity contribution >= 4 is 23.1 Å². The van der Waals surface area contributed by atoms with Gasteiger partial charge >= 0.3 is 5.97 Å². The summed E-state index contributed by atoms with van der Waals surface area (Å²) < 4.78 is 5.18. The topological polar surface area (TPSA) is 75.9 Å². The predicted octanol–water partition coefficient (Wildman–Crippen LogP) is 3.28. The Labute approximate surface area is 138 Å². The molecule has 0 N–H and O–H groups in total. The zero-order chi connectivity index (χ0) is 16.8. The lowest BCUT2D eigenvalue weighted by molar-refractivity contribution is -0.139. The summed E-state index contributed by atoms with van der Waals surface area (Å²) in [5.41, 5.74) is 2.94. The fourth-order valence-electron chi connectivity index (χ4n) is 2.17. The summed E-state index contributed by atoms with van der Waals surface area (Å²) in [4.78, 5) is 20.5. The zero-order valence-electron chi connectivity index (χ0n) is 12.7. The van der Waals surface area contributed by atoms with Crippen LogP contribution in [0.1, 0.15) is 11.1 Å². The van der Waals surface area contributed by atoms with E-state index in [0.29, 0.717) is 11.1 Å². The molecule has 0 aliphatic rings. The van der Waals surface area contributed by atoms with Crippen LogP contribution in [-0.4, -0.2) is 15.9 Å². The highest BCUT2D eigenvalue weighted by Gasteiger charge is 2.11. The molecule has 1 aromatic heterocycles. The first-order chi connectivity index (χ1) is 11.8. The van der Waals surface area contributed by atoms with Gasteiger partial charge in [0.05, 0.1) is 11.0 Å². The molecule has 0 saturated carbocycles. The Hall–Kier alpha value is -3.52. The molecular formula is C19H13N3O2. The molecule has 0 spiro atoms. The first kappa shape index (κ1) is 15.4. The Bertz CT molecular complexity index is 943. The number of carbonyl (C=O) groups excluding carboxylic acids is 1. The van der Waals surface area contributed by atoms with E-state index in [4.69, 9.17) is 4.74 Å². The second kappa shape index (κ2) is 7.16. The number of ether oxygens (including phenoxy) is 1. The second-order valence-electron chi connectivity index (χ2n) is 5.04. The summed E-state index contributed by atoms with van der Waals surface area (Å²) in [7, 11) is 0. The van der Waals surface area contributed by atoms with Gasteiger partial charge in [0.15, 0.2) is 0 Å². The summed E-state index contributed by atoms with van der Waals surface area (Å²) in [6, 6.07) is 16.5. The van der Waals surface area contributed by atoms with E-state index in [9.17, 15) is 10.1 Å². The lowest BCUT2D eigenvalue weighted by atomic mass is 10.1. The van der Waals surface area contributed by atoms with E-state index in [1.807, 2.05) is 36.4 Å². The van der Waals surface area contributed by atoms with Crippen LogP contribution in [0.25, 0.3) is 17.1 Å². The molecule has 0 aliphatic carbocycles. The number of hydrogen-bond donors (Lipinski definition) is 0. The summed E-state index contributed by atoms with van der Waals surface area (Å²) in [5, 5.41) is 9.22. The molecule has 0 radical (unpaired) electrons. The molecule has 0 saturated heterocycles. The van der Waals surface area contributed by atoms with Crippen molar-refractivity contribution in [2.75, 3.05) is 0 Å². The largest absolute Gasteiger partial charge is 0.457 e. The summed E-state index contributed by atoms with van der Waals surface area (Å²) in [6.45, 7) is 0.127. The molecule has 5 nitrogen and oxygen atoms in total. The van der Waals surface area contributed by atoms with Crippen molar-refractivity contribution in [2.45, 2.75) is 6.61 Å². The number of rotatable bonds is 4. The first-order valence-corrected chi connectivity index (χ1v) is 7.30. The van der Waals surface area contributed by atoms with E-state index in [-0.39, 0.29) is 12.2 Å². The number of fused-ring (bicyclic) bond motifs is 1. The average molecular weight is 315 g/mol. The average Bonchev–Trinajstić information content (AvgIpc) is 2.65. The number of carbonyl (C=O) groups is 1. The second-order valence-corrected chi connectivity index (χ2v) is 5.04. The molecule has 3 aromatic rings. The van der Waals surface area contributed by atoms with E-state index < -0.39 is 5.97 Å². The van der Waals surface area contributed by atoms with Gasteiger partial charge in [-0.1, -0.05) is 36.4 Å². The molecule has 0 fully saturated rings. The number of benzene rings is 2. The van der Waals surface area contributed by atoms with Gasteiger partial charge in [-0.05, 0) is 29.3 Å². The molecule has 0 unspecified atom stereocenters. The van der Waals surface area contributed by atoms with E-state index in [1.54, 1.807) is 30.6 Å². The fourth-order valence-corrected chi connectivity index (χ4v) is 2.17. The Kier molecular flexibility index (Phi) is 4.59. The molecule has 5 heteroatoms. The standard InChI is InChI=1S/C19H13N3O2/c20-12-16(19(23)24-13-14-4-2-1-3-5-14)10-15-6-7-17-18(11-15)22-9-8-21-17/h1-11H,13H2. The van der Waals surface area contributed by atoms with Crippen LogP contribution in [0.15, 0.2) is 66.5 Å². The molecule has 24 heavy (non-hydrogen) atoms. The molecule has 0 aliphatic heterocycles. The minimum Gasteiger partial charge on any atom is -0.457 e. The maximum atomic E-state index is 12.1. The van der Waals surface area contributed by atoms with Crippen LogP contribution >= 0.6 is 0 Å². The van der Waals surface area contributed by atoms with Crippen molar-refractivity contribution in [3.63, 3.8) is 0 Å². The zero-order valence-corrected chi connectivity index (χ0v) is 12.7. The number of hydrogen-bond acceptors (Lipinski definition) is 5. The highest BCUT2D eigenvalue weighted by atomic mass is 16.5. The van der Waals surface area contributed by atoms with Gasteiger partial charge in [-0.2, -0.15) is 5.26 Å². The van der Waals surface area contributed by atoms with Gasteiger partial charge in [0.1, 0.15) is 18.2 Å². The van der Waals surface area contributed by atoms with Crippen molar-refractivity contribution in [1.82, 2.24) is 9.97 Å². The van der Waals surface area contributed by atoms with Crippen molar-refractivity contribution in [3.05, 3.63) is 77.6 Å². The van der Waals surface area contributed by atoms with Gasteiger partial charge in [-0.15, -0.1) is 0 Å². The molecule has 0 amide bonds. The maximum absolute atomic E-state index is 12.1. The smallest absolute Gasteiger partial charge is 0.349 e. The number of esters is 1. The predicted molar refractivity (Wildman–Crippen MR) is 89.4 cm³/mol. The van der Waals surface area contributed by atoms with Crippen LogP contribution in [-0.2, 0) is 16.1 Å². The van der Waals surface area contributed by atoms with E-state index in [1.165, 1.54) is 6.08 Å². The van der Waals surface area contributed by atoms with Gasteiger partial charge in [0.2, 0.25) is 0 Å². The van der Waals surface area contributed by atoms with Crippen molar-refractivity contribution in [1.29, 1.82) is 5.26 Å². The fraction of sp³-hybridized carbons (Fsp3) is 0.0526. The van der Waals surface area contributed by atoms with Crippen LogP contribution in [0.3, 0.4) is 0 Å². The van der Waals surface area contributed by atoms with Crippen LogP contribution < -0.4 is 0 Å². The summed E-state index contributed by atoms with van der Waals surface area (Å²) in [5.74, 6) is -0.652. The van der Waals surface area contributed by atoms with E-state index in [0.717, 1.165) is 11.1 Å². The van der Waals surface area contributed by atoms with Gasteiger partial charge in [-0.25, -0.2) is 4.79 Å². The van der Waals surface area contributed by atoms with Crippen molar-refractivity contribution in [3.8, 4) is 6.07 Å². The lowest BCUT2D eigenvalue weighted by Crippen LogP contribution is -2.06. The van der Waals surface area contributed by atoms with Gasteiger partial charge in [0.25, 0.3) is 0 Å². The van der Waals surface area contributed by atoms with Crippen LogP contribution in [0.2, 0.25) is 0 Å². The molecule has 0 bridgehead atoms. The maximum Gasteiger partial charge on any atom is 0.349 e. The molecule has 0 atom stereocenters. The first-order valence-electron chi connectivity index (χ1n) is 7.30. The van der Waals surface area contributed by atoms with Crippen LogP contribution in [0.4, 0.5) is 0 Å². The Morgan fingerprint density at radius 3 is 2.58 bits per heavy atom. The number of nitriles is 1. The molecule has 116 valence electrons. The minimum absolute atomic E-state index is 0.0610. The van der Waals surface area contributed by atoms with Crippen molar-refractivity contribution < 1.29 is 9.53 Å². The quantitative estimate of drug-likeness (QED) is 0.419. The van der Waals surface area contributed by atoms with Gasteiger partial charge < -0.3 is 4.74 Å². The van der Waals surface area contributed by atoms with Gasteiger partial charge in [0, 0.05) is 12.4 Å². The number of aromatic nitrogens is 2. The third kappa shape index (κ3) is 3.62. The van der Waals surface area contributed by atoms with E-state index in [2.05, 4.69) is 9.97 Å². The Morgan fingerprint density at radius 2 is 1.83 bits per heavy atom. The minimum atomic E-state index is -0.652. The molecular weight excluding hydrogens is 302 g/mol. The van der Waals surface area contributed by atoms with Gasteiger partial charge in [-0.3, -0.25) is 9.97 Å². The molecule has 3 rings (SSSR count).